The molecule has 2 N–H and O–H groups in total. The molecule has 2 aromatic rings. The minimum Gasteiger partial charge on any atom is -0.377 e. The molecule has 1 aromatic carbocycles. The third kappa shape index (κ3) is 6.15. The van der Waals surface area contributed by atoms with Crippen molar-refractivity contribution in [3.63, 3.8) is 0 Å². The summed E-state index contributed by atoms with van der Waals surface area (Å²) in [6, 6.07) is 9.20. The number of amides is 3. The van der Waals surface area contributed by atoms with E-state index in [-0.39, 0.29) is 18.6 Å². The molecule has 0 spiro atoms. The lowest BCUT2D eigenvalue weighted by molar-refractivity contribution is -0.121. The third-order valence-electron chi connectivity index (χ3n) is 4.83. The molecule has 0 aliphatic carbocycles. The summed E-state index contributed by atoms with van der Waals surface area (Å²) in [6.45, 7) is 6.28. The number of hydrogen-bond acceptors (Lipinski definition) is 5. The fourth-order valence-electron chi connectivity index (χ4n) is 3.24. The van der Waals surface area contributed by atoms with Gasteiger partial charge in [0.2, 0.25) is 5.91 Å². The van der Waals surface area contributed by atoms with Gasteiger partial charge in [0.15, 0.2) is 0 Å². The second-order valence-electron chi connectivity index (χ2n) is 7.19. The smallest absolute Gasteiger partial charge is 0.325 e. The van der Waals surface area contributed by atoms with Gasteiger partial charge in [0.25, 0.3) is 0 Å². The van der Waals surface area contributed by atoms with Gasteiger partial charge in [-0.1, -0.05) is 12.1 Å². The number of carbonyl (C=O) groups excluding carboxylic acids is 2. The van der Waals surface area contributed by atoms with E-state index in [1.165, 1.54) is 4.88 Å². The fraction of sp³-hybridized carbons (Fsp3) is 0.429. The molecule has 1 saturated heterocycles. The lowest BCUT2D eigenvalue weighted by Crippen LogP contribution is -2.43. The molecule has 1 aliphatic rings. The van der Waals surface area contributed by atoms with Crippen LogP contribution in [0.5, 0.6) is 0 Å². The Morgan fingerprint density at radius 2 is 2.11 bits per heavy atom. The molecular weight excluding hydrogens is 374 g/mol. The first-order valence-corrected chi connectivity index (χ1v) is 10.4. The van der Waals surface area contributed by atoms with Crippen molar-refractivity contribution in [3.8, 4) is 0 Å². The Labute approximate surface area is 169 Å². The molecule has 2 heterocycles. The molecule has 3 rings (SSSR count). The molecule has 28 heavy (non-hydrogen) atoms. The molecule has 1 atom stereocenters. The predicted molar refractivity (Wildman–Crippen MR) is 112 cm³/mol. The monoisotopic (exact) mass is 401 g/mol. The number of aryl methyl sites for hydroxylation is 2. The van der Waals surface area contributed by atoms with Gasteiger partial charge in [-0.25, -0.2) is 4.79 Å². The summed E-state index contributed by atoms with van der Waals surface area (Å²) in [5.41, 5.74) is 2.91. The molecule has 7 heteroatoms. The van der Waals surface area contributed by atoms with Crippen molar-refractivity contribution in [1.82, 2.24) is 10.2 Å². The maximum Gasteiger partial charge on any atom is 0.325 e. The number of nitrogens with zero attached hydrogens (tertiary/aromatic N) is 1. The fourth-order valence-corrected chi connectivity index (χ4v) is 3.98. The minimum absolute atomic E-state index is 0.150. The van der Waals surface area contributed by atoms with Crippen LogP contribution in [0, 0.1) is 13.8 Å². The van der Waals surface area contributed by atoms with E-state index in [1.54, 1.807) is 11.3 Å². The summed E-state index contributed by atoms with van der Waals surface area (Å²) < 4.78 is 5.72. The number of carbonyl (C=O) groups is 2. The molecule has 3 amide bonds. The summed E-state index contributed by atoms with van der Waals surface area (Å²) in [7, 11) is 0. The number of urea groups is 1. The topological polar surface area (TPSA) is 70.7 Å². The SMILES string of the molecule is Cc1ccc(NC(=O)NC(=O)CN(Cc2cccs2)CC2CCCO2)cc1C. The van der Waals surface area contributed by atoms with E-state index in [1.807, 2.05) is 48.4 Å². The molecule has 0 bridgehead atoms. The maximum absolute atomic E-state index is 12.4. The van der Waals surface area contributed by atoms with Gasteiger partial charge in [0.1, 0.15) is 0 Å². The lowest BCUT2D eigenvalue weighted by Gasteiger charge is -2.24. The molecule has 1 aliphatic heterocycles. The van der Waals surface area contributed by atoms with E-state index >= 15 is 0 Å². The first-order valence-electron chi connectivity index (χ1n) is 9.54. The summed E-state index contributed by atoms with van der Waals surface area (Å²) in [4.78, 5) is 27.8. The highest BCUT2D eigenvalue weighted by molar-refractivity contribution is 7.09. The average molecular weight is 402 g/mol. The van der Waals surface area contributed by atoms with E-state index in [0.29, 0.717) is 18.8 Å². The number of benzene rings is 1. The van der Waals surface area contributed by atoms with Crippen molar-refractivity contribution >= 4 is 29.0 Å². The van der Waals surface area contributed by atoms with E-state index in [4.69, 9.17) is 4.74 Å². The van der Waals surface area contributed by atoms with Crippen molar-refractivity contribution in [2.45, 2.75) is 39.3 Å². The van der Waals surface area contributed by atoms with Crippen LogP contribution < -0.4 is 10.6 Å². The van der Waals surface area contributed by atoms with Gasteiger partial charge in [-0.2, -0.15) is 0 Å². The lowest BCUT2D eigenvalue weighted by atomic mass is 10.1. The predicted octanol–water partition coefficient (Wildman–Crippen LogP) is 3.69. The molecule has 1 unspecified atom stereocenters. The average Bonchev–Trinajstić information content (AvgIpc) is 3.32. The highest BCUT2D eigenvalue weighted by Crippen LogP contribution is 2.17. The summed E-state index contributed by atoms with van der Waals surface area (Å²) in [6.07, 6.45) is 2.22. The van der Waals surface area contributed by atoms with Gasteiger partial charge >= 0.3 is 6.03 Å². The molecule has 0 radical (unpaired) electrons. The van der Waals surface area contributed by atoms with Crippen molar-refractivity contribution in [1.29, 1.82) is 0 Å². The van der Waals surface area contributed by atoms with Gasteiger partial charge < -0.3 is 10.1 Å². The number of thiophene rings is 1. The maximum atomic E-state index is 12.4. The Hall–Kier alpha value is -2.22. The number of ether oxygens (including phenoxy) is 1. The normalized spacial score (nSPS) is 16.3. The van der Waals surface area contributed by atoms with Crippen LogP contribution in [0.1, 0.15) is 28.8 Å². The molecular formula is C21H27N3O3S. The van der Waals surface area contributed by atoms with Crippen molar-refractivity contribution in [2.24, 2.45) is 0 Å². The standard InChI is InChI=1S/C21H27N3O3S/c1-15-7-8-17(11-16(15)2)22-21(26)23-20(25)14-24(12-18-5-3-9-27-18)13-19-6-4-10-28-19/h4,6-8,10-11,18H,3,5,9,12-14H2,1-2H3,(H2,22,23,25,26). The Bertz CT molecular complexity index is 801. The highest BCUT2D eigenvalue weighted by atomic mass is 32.1. The molecule has 150 valence electrons. The Balaban J connectivity index is 1.54. The van der Waals surface area contributed by atoms with E-state index in [0.717, 1.165) is 30.6 Å². The van der Waals surface area contributed by atoms with Crippen molar-refractivity contribution in [2.75, 3.05) is 25.0 Å². The first kappa shape index (κ1) is 20.5. The van der Waals surface area contributed by atoms with Crippen LogP contribution in [0.25, 0.3) is 0 Å². The van der Waals surface area contributed by atoms with Gasteiger partial charge in [-0.05, 0) is 61.4 Å². The van der Waals surface area contributed by atoms with E-state index in [2.05, 4.69) is 16.7 Å². The van der Waals surface area contributed by atoms with Crippen LogP contribution in [0.15, 0.2) is 35.7 Å². The van der Waals surface area contributed by atoms with Crippen LogP contribution in [-0.4, -0.2) is 42.6 Å². The number of nitrogens with one attached hydrogen (secondary N) is 2. The second-order valence-corrected chi connectivity index (χ2v) is 8.22. The van der Waals surface area contributed by atoms with Gasteiger partial charge in [0, 0.05) is 30.3 Å². The molecule has 1 fully saturated rings. The number of anilines is 1. The molecule has 0 saturated carbocycles. The zero-order valence-corrected chi connectivity index (χ0v) is 17.2. The van der Waals surface area contributed by atoms with Crippen molar-refractivity contribution < 1.29 is 14.3 Å². The van der Waals surface area contributed by atoms with Crippen LogP contribution in [0.2, 0.25) is 0 Å². The summed E-state index contributed by atoms with van der Waals surface area (Å²) in [5.74, 6) is -0.323. The number of hydrogen-bond donors (Lipinski definition) is 2. The quantitative estimate of drug-likeness (QED) is 0.742. The largest absolute Gasteiger partial charge is 0.377 e. The first-order chi connectivity index (χ1) is 13.5. The van der Waals surface area contributed by atoms with Gasteiger partial charge in [-0.15, -0.1) is 11.3 Å². The van der Waals surface area contributed by atoms with Crippen LogP contribution in [-0.2, 0) is 16.1 Å². The molecule has 1 aromatic heterocycles. The Morgan fingerprint density at radius 3 is 2.79 bits per heavy atom. The Kier molecular flexibility index (Phi) is 7.19. The third-order valence-corrected chi connectivity index (χ3v) is 5.69. The van der Waals surface area contributed by atoms with E-state index in [9.17, 15) is 9.59 Å². The zero-order chi connectivity index (χ0) is 19.9. The zero-order valence-electron chi connectivity index (χ0n) is 16.4. The summed E-state index contributed by atoms with van der Waals surface area (Å²) in [5, 5.41) is 7.17. The van der Waals surface area contributed by atoms with Gasteiger partial charge in [0.05, 0.1) is 12.6 Å². The highest BCUT2D eigenvalue weighted by Gasteiger charge is 2.22. The molecule has 6 nitrogen and oxygen atoms in total. The van der Waals surface area contributed by atoms with Gasteiger partial charge in [-0.3, -0.25) is 15.0 Å². The number of imide groups is 1. The second kappa shape index (κ2) is 9.82. The van der Waals surface area contributed by atoms with Crippen LogP contribution >= 0.6 is 11.3 Å². The van der Waals surface area contributed by atoms with E-state index < -0.39 is 6.03 Å². The van der Waals surface area contributed by atoms with Crippen LogP contribution in [0.4, 0.5) is 10.5 Å². The summed E-state index contributed by atoms with van der Waals surface area (Å²) >= 11 is 1.66. The number of rotatable bonds is 7. The Morgan fingerprint density at radius 1 is 1.25 bits per heavy atom. The van der Waals surface area contributed by atoms with Crippen LogP contribution in [0.3, 0.4) is 0 Å². The minimum atomic E-state index is -0.513. The van der Waals surface area contributed by atoms with Crippen molar-refractivity contribution in [3.05, 3.63) is 51.7 Å².